The maximum atomic E-state index is 12.5. The zero-order valence-electron chi connectivity index (χ0n) is 11.4. The van der Waals surface area contributed by atoms with Crippen molar-refractivity contribution in [1.29, 1.82) is 0 Å². The number of likely N-dealkylation sites (N-methyl/N-ethyl adjacent to an activating group) is 1. The third-order valence-electron chi connectivity index (χ3n) is 3.46. The lowest BCUT2D eigenvalue weighted by atomic mass is 10.2. The molecule has 2 heterocycles. The van der Waals surface area contributed by atoms with Gasteiger partial charge in [0, 0.05) is 30.5 Å². The molecule has 0 aliphatic carbocycles. The Bertz CT molecular complexity index is 527. The van der Waals surface area contributed by atoms with E-state index >= 15 is 0 Å². The molecule has 0 spiro atoms. The zero-order valence-corrected chi connectivity index (χ0v) is 13.1. The van der Waals surface area contributed by atoms with E-state index in [1.807, 2.05) is 14.0 Å². The standard InChI is InChI=1S/C12H20N2O3S2/c1-9-12(4-5-17-9)14(3)19(15,16)11-6-10(7-13-2)18-8-11/h6,8-9,12-13H,4-5,7H2,1-3H3. The summed E-state index contributed by atoms with van der Waals surface area (Å²) in [5.74, 6) is 0. The van der Waals surface area contributed by atoms with Crippen molar-refractivity contribution >= 4 is 21.4 Å². The Morgan fingerprint density at radius 1 is 1.58 bits per heavy atom. The molecule has 1 N–H and O–H groups in total. The molecule has 2 atom stereocenters. The van der Waals surface area contributed by atoms with Gasteiger partial charge in [0.15, 0.2) is 0 Å². The molecule has 0 saturated carbocycles. The fourth-order valence-electron chi connectivity index (χ4n) is 2.31. The van der Waals surface area contributed by atoms with Gasteiger partial charge in [-0.25, -0.2) is 8.42 Å². The van der Waals surface area contributed by atoms with Gasteiger partial charge in [0.05, 0.1) is 17.0 Å². The van der Waals surface area contributed by atoms with Crippen molar-refractivity contribution < 1.29 is 13.2 Å². The largest absolute Gasteiger partial charge is 0.377 e. The summed E-state index contributed by atoms with van der Waals surface area (Å²) >= 11 is 1.46. The first kappa shape index (κ1) is 14.9. The van der Waals surface area contributed by atoms with Gasteiger partial charge in [0.2, 0.25) is 10.0 Å². The Labute approximate surface area is 118 Å². The minimum atomic E-state index is -3.42. The molecular weight excluding hydrogens is 284 g/mol. The van der Waals surface area contributed by atoms with Crippen LogP contribution in [0.15, 0.2) is 16.3 Å². The van der Waals surface area contributed by atoms with E-state index < -0.39 is 10.0 Å². The summed E-state index contributed by atoms with van der Waals surface area (Å²) in [6.45, 7) is 3.23. The number of hydrogen-bond acceptors (Lipinski definition) is 5. The number of hydrogen-bond donors (Lipinski definition) is 1. The van der Waals surface area contributed by atoms with Crippen molar-refractivity contribution in [1.82, 2.24) is 9.62 Å². The van der Waals surface area contributed by atoms with E-state index in [1.165, 1.54) is 15.6 Å². The smallest absolute Gasteiger partial charge is 0.243 e. The van der Waals surface area contributed by atoms with Crippen LogP contribution in [0.25, 0.3) is 0 Å². The van der Waals surface area contributed by atoms with Crippen molar-refractivity contribution in [2.75, 3.05) is 20.7 Å². The summed E-state index contributed by atoms with van der Waals surface area (Å²) in [5, 5.41) is 4.73. The van der Waals surface area contributed by atoms with Crippen LogP contribution in [0.4, 0.5) is 0 Å². The molecule has 1 aromatic heterocycles. The third-order valence-corrected chi connectivity index (χ3v) is 6.41. The molecule has 19 heavy (non-hydrogen) atoms. The highest BCUT2D eigenvalue weighted by Crippen LogP contribution is 2.27. The van der Waals surface area contributed by atoms with Gasteiger partial charge in [-0.2, -0.15) is 4.31 Å². The second kappa shape index (κ2) is 5.88. The summed E-state index contributed by atoms with van der Waals surface area (Å²) < 4.78 is 32.0. The second-order valence-electron chi connectivity index (χ2n) is 4.73. The van der Waals surface area contributed by atoms with Crippen molar-refractivity contribution in [2.24, 2.45) is 0 Å². The minimum Gasteiger partial charge on any atom is -0.377 e. The van der Waals surface area contributed by atoms with Gasteiger partial charge in [0.25, 0.3) is 0 Å². The molecule has 7 heteroatoms. The van der Waals surface area contributed by atoms with Gasteiger partial charge in [-0.1, -0.05) is 0 Å². The molecule has 0 bridgehead atoms. The van der Waals surface area contributed by atoms with E-state index in [0.717, 1.165) is 11.3 Å². The summed E-state index contributed by atoms with van der Waals surface area (Å²) in [6.07, 6.45) is 0.708. The lowest BCUT2D eigenvalue weighted by Gasteiger charge is -2.25. The minimum absolute atomic E-state index is 0.0461. The van der Waals surface area contributed by atoms with E-state index in [9.17, 15) is 8.42 Å². The van der Waals surface area contributed by atoms with Crippen LogP contribution in [-0.4, -0.2) is 45.6 Å². The summed E-state index contributed by atoms with van der Waals surface area (Å²) in [6, 6.07) is 1.67. The average Bonchev–Trinajstić information content (AvgIpc) is 2.98. The van der Waals surface area contributed by atoms with Crippen molar-refractivity contribution in [3.8, 4) is 0 Å². The molecular formula is C12H20N2O3S2. The van der Waals surface area contributed by atoms with Crippen LogP contribution in [0.1, 0.15) is 18.2 Å². The van der Waals surface area contributed by atoms with E-state index in [-0.39, 0.29) is 12.1 Å². The van der Waals surface area contributed by atoms with E-state index in [2.05, 4.69) is 5.32 Å². The van der Waals surface area contributed by atoms with Gasteiger partial charge in [-0.15, -0.1) is 11.3 Å². The Kier molecular flexibility index (Phi) is 4.62. The zero-order chi connectivity index (χ0) is 14.0. The van der Waals surface area contributed by atoms with Crippen LogP contribution in [0, 0.1) is 0 Å². The lowest BCUT2D eigenvalue weighted by molar-refractivity contribution is 0.102. The number of thiophene rings is 1. The maximum absolute atomic E-state index is 12.5. The predicted octanol–water partition coefficient (Wildman–Crippen LogP) is 1.27. The fourth-order valence-corrected chi connectivity index (χ4v) is 5.03. The highest BCUT2D eigenvalue weighted by molar-refractivity contribution is 7.89. The van der Waals surface area contributed by atoms with Crippen LogP contribution in [-0.2, 0) is 21.3 Å². The van der Waals surface area contributed by atoms with Crippen molar-refractivity contribution in [3.05, 3.63) is 16.3 Å². The van der Waals surface area contributed by atoms with Gasteiger partial charge in [-0.05, 0) is 26.5 Å². The van der Waals surface area contributed by atoms with Crippen LogP contribution in [0.2, 0.25) is 0 Å². The molecule has 1 aromatic rings. The molecule has 0 aromatic carbocycles. The number of nitrogens with zero attached hydrogens (tertiary/aromatic N) is 1. The molecule has 108 valence electrons. The molecule has 2 rings (SSSR count). The van der Waals surface area contributed by atoms with Gasteiger partial charge in [-0.3, -0.25) is 0 Å². The number of rotatable bonds is 5. The van der Waals surface area contributed by atoms with Crippen molar-refractivity contribution in [3.63, 3.8) is 0 Å². The number of sulfonamides is 1. The molecule has 1 saturated heterocycles. The third kappa shape index (κ3) is 3.00. The fraction of sp³-hybridized carbons (Fsp3) is 0.667. The molecule has 1 fully saturated rings. The Balaban J connectivity index is 2.20. The van der Waals surface area contributed by atoms with Gasteiger partial charge < -0.3 is 10.1 Å². The first-order chi connectivity index (χ1) is 8.96. The van der Waals surface area contributed by atoms with Gasteiger partial charge >= 0.3 is 0 Å². The summed E-state index contributed by atoms with van der Waals surface area (Å²) in [4.78, 5) is 1.40. The number of ether oxygens (including phenoxy) is 1. The first-order valence-electron chi connectivity index (χ1n) is 6.28. The molecule has 0 radical (unpaired) electrons. The summed E-state index contributed by atoms with van der Waals surface area (Å²) in [5.41, 5.74) is 0. The number of nitrogens with one attached hydrogen (secondary N) is 1. The van der Waals surface area contributed by atoms with Crippen LogP contribution < -0.4 is 5.32 Å². The second-order valence-corrected chi connectivity index (χ2v) is 7.73. The highest BCUT2D eigenvalue weighted by atomic mass is 32.2. The molecule has 5 nitrogen and oxygen atoms in total. The van der Waals surface area contributed by atoms with Crippen LogP contribution >= 0.6 is 11.3 Å². The quantitative estimate of drug-likeness (QED) is 0.890. The van der Waals surface area contributed by atoms with Crippen molar-refractivity contribution in [2.45, 2.75) is 36.9 Å². The maximum Gasteiger partial charge on any atom is 0.243 e. The van der Waals surface area contributed by atoms with Crippen LogP contribution in [0.3, 0.4) is 0 Å². The molecule has 2 unspecified atom stereocenters. The SMILES string of the molecule is CNCc1cc(S(=O)(=O)N(C)C2CCOC2C)cs1. The average molecular weight is 304 g/mol. The van der Waals surface area contributed by atoms with Gasteiger partial charge in [0.1, 0.15) is 0 Å². The monoisotopic (exact) mass is 304 g/mol. The highest BCUT2D eigenvalue weighted by Gasteiger charge is 2.35. The Hall–Kier alpha value is -0.470. The predicted molar refractivity (Wildman–Crippen MR) is 75.9 cm³/mol. The van der Waals surface area contributed by atoms with E-state index in [4.69, 9.17) is 4.74 Å². The normalized spacial score (nSPS) is 24.2. The lowest BCUT2D eigenvalue weighted by Crippen LogP contribution is -2.40. The molecule has 1 aliphatic rings. The van der Waals surface area contributed by atoms with E-state index in [1.54, 1.807) is 18.5 Å². The first-order valence-corrected chi connectivity index (χ1v) is 8.60. The Morgan fingerprint density at radius 2 is 2.32 bits per heavy atom. The topological polar surface area (TPSA) is 58.6 Å². The van der Waals surface area contributed by atoms with E-state index in [0.29, 0.717) is 18.0 Å². The van der Waals surface area contributed by atoms with Crippen LogP contribution in [0.5, 0.6) is 0 Å². The molecule has 0 amide bonds. The molecule has 1 aliphatic heterocycles. The summed E-state index contributed by atoms with van der Waals surface area (Å²) in [7, 11) is 0.0675. The Morgan fingerprint density at radius 3 is 2.89 bits per heavy atom.